The molecule has 1 aliphatic heterocycles. The van der Waals surface area contributed by atoms with Gasteiger partial charge in [0.1, 0.15) is 11.9 Å². The second-order valence-corrected chi connectivity index (χ2v) is 5.23. The van der Waals surface area contributed by atoms with Crippen LogP contribution in [0, 0.1) is 5.92 Å². The van der Waals surface area contributed by atoms with Crippen LogP contribution >= 0.6 is 0 Å². The van der Waals surface area contributed by atoms with Crippen LogP contribution < -0.4 is 10.2 Å². The van der Waals surface area contributed by atoms with E-state index in [2.05, 4.69) is 20.2 Å². The number of carbonyl (C=O) groups is 1. The van der Waals surface area contributed by atoms with Crippen LogP contribution in [0.3, 0.4) is 0 Å². The van der Waals surface area contributed by atoms with Crippen molar-refractivity contribution in [2.24, 2.45) is 5.92 Å². The molecule has 21 heavy (non-hydrogen) atoms. The lowest BCUT2D eigenvalue weighted by Crippen LogP contribution is -2.38. The Kier molecular flexibility index (Phi) is 5.32. The molecule has 1 fully saturated rings. The largest absolute Gasteiger partial charge is 0.467 e. The molecule has 0 amide bonds. The molecule has 1 atom stereocenters. The van der Waals surface area contributed by atoms with Crippen molar-refractivity contribution in [1.82, 2.24) is 9.97 Å². The number of nitrogens with zero attached hydrogens (tertiary/aromatic N) is 3. The van der Waals surface area contributed by atoms with E-state index in [0.717, 1.165) is 13.1 Å². The van der Waals surface area contributed by atoms with Crippen LogP contribution in [0.1, 0.15) is 13.8 Å². The summed E-state index contributed by atoms with van der Waals surface area (Å²) in [5.41, 5.74) is 0. The predicted octanol–water partition coefficient (Wildman–Crippen LogP) is 0.923. The normalized spacial score (nSPS) is 16.7. The minimum Gasteiger partial charge on any atom is -0.467 e. The maximum Gasteiger partial charge on any atom is 0.328 e. The molecule has 1 aromatic rings. The Morgan fingerprint density at radius 1 is 1.43 bits per heavy atom. The van der Waals surface area contributed by atoms with Crippen LogP contribution in [0.25, 0.3) is 0 Å². The summed E-state index contributed by atoms with van der Waals surface area (Å²) in [4.78, 5) is 22.6. The summed E-state index contributed by atoms with van der Waals surface area (Å²) in [5.74, 6) is 1.07. The molecule has 2 rings (SSSR count). The van der Waals surface area contributed by atoms with Gasteiger partial charge < -0.3 is 19.7 Å². The molecular formula is C14H22N4O3. The molecule has 116 valence electrons. The first-order valence-electron chi connectivity index (χ1n) is 7.12. The first-order valence-corrected chi connectivity index (χ1v) is 7.12. The lowest BCUT2D eigenvalue weighted by Gasteiger charge is -2.27. The number of methoxy groups -OCH3 is 1. The molecule has 2 heterocycles. The van der Waals surface area contributed by atoms with Gasteiger partial charge in [-0.2, -0.15) is 4.98 Å². The Morgan fingerprint density at radius 3 is 2.76 bits per heavy atom. The number of rotatable bonds is 5. The summed E-state index contributed by atoms with van der Waals surface area (Å²) < 4.78 is 10.1. The molecule has 7 nitrogen and oxygen atoms in total. The first-order chi connectivity index (χ1) is 10.1. The number of aromatic nitrogens is 2. The van der Waals surface area contributed by atoms with Gasteiger partial charge >= 0.3 is 5.97 Å². The van der Waals surface area contributed by atoms with Gasteiger partial charge in [-0.25, -0.2) is 9.78 Å². The molecule has 1 aromatic heterocycles. The number of hydrogen-bond donors (Lipinski definition) is 1. The maximum atomic E-state index is 11.8. The number of esters is 1. The van der Waals surface area contributed by atoms with Crippen LogP contribution in [0.4, 0.5) is 11.8 Å². The molecule has 0 spiro atoms. The molecule has 1 saturated heterocycles. The quantitative estimate of drug-likeness (QED) is 0.809. The van der Waals surface area contributed by atoms with Gasteiger partial charge in [0, 0.05) is 19.3 Å². The van der Waals surface area contributed by atoms with E-state index in [0.29, 0.717) is 25.0 Å². The zero-order chi connectivity index (χ0) is 15.2. The van der Waals surface area contributed by atoms with Gasteiger partial charge in [-0.15, -0.1) is 0 Å². The molecule has 0 radical (unpaired) electrons. The molecular weight excluding hydrogens is 272 g/mol. The summed E-state index contributed by atoms with van der Waals surface area (Å²) in [7, 11) is 1.39. The van der Waals surface area contributed by atoms with Gasteiger partial charge in [0.15, 0.2) is 0 Å². The van der Waals surface area contributed by atoms with Crippen molar-refractivity contribution in [3.8, 4) is 0 Å². The van der Waals surface area contributed by atoms with Crippen molar-refractivity contribution in [1.29, 1.82) is 0 Å². The molecule has 1 unspecified atom stereocenters. The van der Waals surface area contributed by atoms with Crippen LogP contribution in [0.5, 0.6) is 0 Å². The first kappa shape index (κ1) is 15.5. The Bertz CT molecular complexity index is 475. The Balaban J connectivity index is 2.10. The average molecular weight is 294 g/mol. The van der Waals surface area contributed by atoms with Crippen LogP contribution in [-0.2, 0) is 14.3 Å². The predicted molar refractivity (Wildman–Crippen MR) is 79.3 cm³/mol. The monoisotopic (exact) mass is 294 g/mol. The lowest BCUT2D eigenvalue weighted by molar-refractivity contribution is -0.142. The van der Waals surface area contributed by atoms with Gasteiger partial charge in [-0.3, -0.25) is 0 Å². The SMILES string of the molecule is COC(=O)C(Nc1ccnc(N2CCOCC2)n1)C(C)C. The highest BCUT2D eigenvalue weighted by atomic mass is 16.5. The summed E-state index contributed by atoms with van der Waals surface area (Å²) >= 11 is 0. The van der Waals surface area contributed by atoms with Crippen molar-refractivity contribution in [2.75, 3.05) is 43.6 Å². The van der Waals surface area contributed by atoms with Crippen LogP contribution in [0.2, 0.25) is 0 Å². The highest BCUT2D eigenvalue weighted by molar-refractivity contribution is 5.79. The molecule has 0 aliphatic carbocycles. The summed E-state index contributed by atoms with van der Waals surface area (Å²) in [6.07, 6.45) is 1.69. The van der Waals surface area contributed by atoms with Crippen LogP contribution in [0.15, 0.2) is 12.3 Å². The molecule has 1 aliphatic rings. The summed E-state index contributed by atoms with van der Waals surface area (Å²) in [6.45, 7) is 6.81. The van der Waals surface area contributed by atoms with Crippen molar-refractivity contribution in [3.63, 3.8) is 0 Å². The molecule has 0 aromatic carbocycles. The fraction of sp³-hybridized carbons (Fsp3) is 0.643. The fourth-order valence-electron chi connectivity index (χ4n) is 2.13. The molecule has 0 saturated carbocycles. The van der Waals surface area contributed by atoms with E-state index in [1.54, 1.807) is 12.3 Å². The number of carbonyl (C=O) groups excluding carboxylic acids is 1. The zero-order valence-electron chi connectivity index (χ0n) is 12.7. The van der Waals surface area contributed by atoms with Crippen LogP contribution in [-0.4, -0.2) is 55.4 Å². The Morgan fingerprint density at radius 2 is 2.14 bits per heavy atom. The minimum atomic E-state index is -0.428. The number of hydrogen-bond acceptors (Lipinski definition) is 7. The standard InChI is InChI=1S/C14H22N4O3/c1-10(2)12(13(19)20-3)16-11-4-5-15-14(17-11)18-6-8-21-9-7-18/h4-5,10,12H,6-9H2,1-3H3,(H,15,16,17). The number of nitrogens with one attached hydrogen (secondary N) is 1. The van der Waals surface area contributed by atoms with E-state index in [4.69, 9.17) is 9.47 Å². The maximum absolute atomic E-state index is 11.8. The van der Waals surface area contributed by atoms with E-state index in [-0.39, 0.29) is 11.9 Å². The summed E-state index contributed by atoms with van der Waals surface area (Å²) in [5, 5.41) is 3.13. The van der Waals surface area contributed by atoms with Crippen molar-refractivity contribution in [3.05, 3.63) is 12.3 Å². The van der Waals surface area contributed by atoms with E-state index < -0.39 is 6.04 Å². The average Bonchev–Trinajstić information content (AvgIpc) is 2.53. The van der Waals surface area contributed by atoms with Gasteiger partial charge in [0.25, 0.3) is 0 Å². The van der Waals surface area contributed by atoms with Gasteiger partial charge in [0.2, 0.25) is 5.95 Å². The third-order valence-electron chi connectivity index (χ3n) is 3.36. The van der Waals surface area contributed by atoms with Crippen molar-refractivity contribution < 1.29 is 14.3 Å². The van der Waals surface area contributed by atoms with E-state index in [1.165, 1.54) is 7.11 Å². The molecule has 1 N–H and O–H groups in total. The highest BCUT2D eigenvalue weighted by Crippen LogP contribution is 2.15. The number of morpholine rings is 1. The number of ether oxygens (including phenoxy) is 2. The molecule has 0 bridgehead atoms. The number of anilines is 2. The highest BCUT2D eigenvalue weighted by Gasteiger charge is 2.23. The smallest absolute Gasteiger partial charge is 0.328 e. The van der Waals surface area contributed by atoms with Crippen molar-refractivity contribution >= 4 is 17.7 Å². The Hall–Kier alpha value is -1.89. The van der Waals surface area contributed by atoms with E-state index >= 15 is 0 Å². The molecule has 7 heteroatoms. The minimum absolute atomic E-state index is 0.0965. The van der Waals surface area contributed by atoms with E-state index in [9.17, 15) is 4.79 Å². The second-order valence-electron chi connectivity index (χ2n) is 5.23. The van der Waals surface area contributed by atoms with Gasteiger partial charge in [-0.05, 0) is 12.0 Å². The van der Waals surface area contributed by atoms with E-state index in [1.807, 2.05) is 13.8 Å². The lowest BCUT2D eigenvalue weighted by atomic mass is 10.0. The zero-order valence-corrected chi connectivity index (χ0v) is 12.7. The third-order valence-corrected chi connectivity index (χ3v) is 3.36. The van der Waals surface area contributed by atoms with Gasteiger partial charge in [0.05, 0.1) is 20.3 Å². The summed E-state index contributed by atoms with van der Waals surface area (Å²) in [6, 6.07) is 1.32. The third kappa shape index (κ3) is 4.04. The Labute approximate surface area is 124 Å². The van der Waals surface area contributed by atoms with Gasteiger partial charge in [-0.1, -0.05) is 13.8 Å². The van der Waals surface area contributed by atoms with Crippen molar-refractivity contribution in [2.45, 2.75) is 19.9 Å². The topological polar surface area (TPSA) is 76.6 Å². The fourth-order valence-corrected chi connectivity index (χ4v) is 2.13. The second kappa shape index (κ2) is 7.21.